The van der Waals surface area contributed by atoms with Crippen LogP contribution in [0.3, 0.4) is 0 Å². The number of halogens is 1. The van der Waals surface area contributed by atoms with E-state index in [-0.39, 0.29) is 0 Å². The Morgan fingerprint density at radius 3 is 2.45 bits per heavy atom. The molecule has 2 nitrogen and oxygen atoms in total. The highest BCUT2D eigenvalue weighted by Crippen LogP contribution is 2.33. The van der Waals surface area contributed by atoms with Gasteiger partial charge in [-0.05, 0) is 50.7 Å². The van der Waals surface area contributed by atoms with Crippen LogP contribution < -0.4 is 9.47 Å². The molecule has 0 amide bonds. The van der Waals surface area contributed by atoms with Crippen LogP contribution in [0.25, 0.3) is 0 Å². The average molecular weight is 341 g/mol. The quantitative estimate of drug-likeness (QED) is 0.478. The molecule has 1 unspecified atom stereocenters. The first-order valence-electron chi connectivity index (χ1n) is 7.80. The van der Waals surface area contributed by atoms with Crippen LogP contribution >= 0.6 is 15.9 Å². The highest BCUT2D eigenvalue weighted by Gasteiger charge is 2.22. The average Bonchev–Trinajstić information content (AvgIpc) is 2.99. The third-order valence-electron chi connectivity index (χ3n) is 3.94. The van der Waals surface area contributed by atoms with E-state index in [4.69, 9.17) is 9.47 Å². The lowest BCUT2D eigenvalue weighted by atomic mass is 10.0. The van der Waals surface area contributed by atoms with Crippen molar-refractivity contribution in [3.63, 3.8) is 0 Å². The minimum absolute atomic E-state index is 0.663. The standard InChI is InChI=1S/C17H25BrO2/c1-2-19-16-11-5-6-12-17(16)20-13-7-10-15(18)14-8-3-4-9-14/h5-6,11-12,14-15H,2-4,7-10,13H2,1H3. The second-order valence-electron chi connectivity index (χ2n) is 5.43. The highest BCUT2D eigenvalue weighted by molar-refractivity contribution is 9.09. The summed E-state index contributed by atoms with van der Waals surface area (Å²) in [6, 6.07) is 7.91. The molecule has 1 atom stereocenters. The number of rotatable bonds is 8. The molecule has 0 saturated heterocycles. The van der Waals surface area contributed by atoms with E-state index in [0.29, 0.717) is 11.4 Å². The molecule has 1 saturated carbocycles. The van der Waals surface area contributed by atoms with E-state index < -0.39 is 0 Å². The zero-order valence-electron chi connectivity index (χ0n) is 12.3. The highest BCUT2D eigenvalue weighted by atomic mass is 79.9. The number of hydrogen-bond acceptors (Lipinski definition) is 2. The Morgan fingerprint density at radius 1 is 1.15 bits per heavy atom. The van der Waals surface area contributed by atoms with E-state index in [1.807, 2.05) is 31.2 Å². The summed E-state index contributed by atoms with van der Waals surface area (Å²) in [6.07, 6.45) is 7.89. The summed E-state index contributed by atoms with van der Waals surface area (Å²) in [6.45, 7) is 3.43. The van der Waals surface area contributed by atoms with Crippen LogP contribution in [0.5, 0.6) is 11.5 Å². The maximum Gasteiger partial charge on any atom is 0.161 e. The summed E-state index contributed by atoms with van der Waals surface area (Å²) >= 11 is 3.85. The van der Waals surface area contributed by atoms with Gasteiger partial charge in [0.2, 0.25) is 0 Å². The minimum atomic E-state index is 0.663. The van der Waals surface area contributed by atoms with E-state index in [9.17, 15) is 0 Å². The molecule has 0 radical (unpaired) electrons. The molecule has 1 aromatic carbocycles. The summed E-state index contributed by atoms with van der Waals surface area (Å²) in [5.41, 5.74) is 0. The predicted molar refractivity (Wildman–Crippen MR) is 87.0 cm³/mol. The van der Waals surface area contributed by atoms with Gasteiger partial charge in [0, 0.05) is 4.83 Å². The van der Waals surface area contributed by atoms with Gasteiger partial charge in [-0.2, -0.15) is 0 Å². The lowest BCUT2D eigenvalue weighted by Gasteiger charge is -2.17. The topological polar surface area (TPSA) is 18.5 Å². The maximum absolute atomic E-state index is 5.86. The normalized spacial score (nSPS) is 17.1. The SMILES string of the molecule is CCOc1ccccc1OCCCC(Br)C1CCCC1. The first kappa shape index (κ1) is 15.7. The molecule has 3 heteroatoms. The van der Waals surface area contributed by atoms with Crippen LogP contribution in [0.1, 0.15) is 45.4 Å². The van der Waals surface area contributed by atoms with Crippen LogP contribution in [-0.2, 0) is 0 Å². The van der Waals surface area contributed by atoms with Crippen molar-refractivity contribution in [3.8, 4) is 11.5 Å². The second-order valence-corrected chi connectivity index (χ2v) is 6.61. The van der Waals surface area contributed by atoms with Crippen LogP contribution in [0.15, 0.2) is 24.3 Å². The fourth-order valence-electron chi connectivity index (χ4n) is 2.86. The van der Waals surface area contributed by atoms with Gasteiger partial charge >= 0.3 is 0 Å². The van der Waals surface area contributed by atoms with Crippen molar-refractivity contribution in [3.05, 3.63) is 24.3 Å². The van der Waals surface area contributed by atoms with Gasteiger partial charge < -0.3 is 9.47 Å². The predicted octanol–water partition coefficient (Wildman–Crippen LogP) is 5.20. The molecule has 0 heterocycles. The van der Waals surface area contributed by atoms with Gasteiger partial charge in [0.1, 0.15) is 0 Å². The smallest absolute Gasteiger partial charge is 0.161 e. The van der Waals surface area contributed by atoms with E-state index >= 15 is 0 Å². The Labute approximate surface area is 131 Å². The molecule has 0 bridgehead atoms. The molecule has 1 aliphatic carbocycles. The molecule has 0 N–H and O–H groups in total. The summed E-state index contributed by atoms with van der Waals surface area (Å²) in [5.74, 6) is 2.59. The number of benzene rings is 1. The van der Waals surface area contributed by atoms with Crippen molar-refractivity contribution in [2.24, 2.45) is 5.92 Å². The zero-order valence-corrected chi connectivity index (χ0v) is 13.9. The van der Waals surface area contributed by atoms with Gasteiger partial charge in [0.15, 0.2) is 11.5 Å². The first-order chi connectivity index (χ1) is 9.81. The van der Waals surface area contributed by atoms with Crippen molar-refractivity contribution in [2.45, 2.75) is 50.3 Å². The largest absolute Gasteiger partial charge is 0.490 e. The third-order valence-corrected chi connectivity index (χ3v) is 5.15. The van der Waals surface area contributed by atoms with E-state index in [0.717, 1.165) is 30.4 Å². The van der Waals surface area contributed by atoms with Crippen LogP contribution in [0.4, 0.5) is 0 Å². The van der Waals surface area contributed by atoms with Crippen molar-refractivity contribution in [1.29, 1.82) is 0 Å². The first-order valence-corrected chi connectivity index (χ1v) is 8.71. The number of hydrogen-bond donors (Lipinski definition) is 0. The van der Waals surface area contributed by atoms with Crippen LogP contribution in [0.2, 0.25) is 0 Å². The Morgan fingerprint density at radius 2 is 1.80 bits per heavy atom. The third kappa shape index (κ3) is 4.69. The number of ether oxygens (including phenoxy) is 2. The van der Waals surface area contributed by atoms with Gasteiger partial charge in [0.25, 0.3) is 0 Å². The van der Waals surface area contributed by atoms with Gasteiger partial charge in [-0.25, -0.2) is 0 Å². The molecule has 2 rings (SSSR count). The number of alkyl halides is 1. The monoisotopic (exact) mass is 340 g/mol. The molecule has 0 spiro atoms. The molecule has 1 fully saturated rings. The van der Waals surface area contributed by atoms with Crippen LogP contribution in [0, 0.1) is 5.92 Å². The van der Waals surface area contributed by atoms with Crippen molar-refractivity contribution in [2.75, 3.05) is 13.2 Å². The molecule has 20 heavy (non-hydrogen) atoms. The zero-order chi connectivity index (χ0) is 14.2. The van der Waals surface area contributed by atoms with E-state index in [2.05, 4.69) is 15.9 Å². The van der Waals surface area contributed by atoms with Crippen LogP contribution in [-0.4, -0.2) is 18.0 Å². The molecule has 112 valence electrons. The van der Waals surface area contributed by atoms with Gasteiger partial charge in [-0.15, -0.1) is 0 Å². The molecule has 1 aliphatic rings. The van der Waals surface area contributed by atoms with E-state index in [1.54, 1.807) is 0 Å². The Kier molecular flexibility index (Phi) is 6.71. The van der Waals surface area contributed by atoms with E-state index in [1.165, 1.54) is 32.1 Å². The molecular weight excluding hydrogens is 316 g/mol. The van der Waals surface area contributed by atoms with Gasteiger partial charge in [0.05, 0.1) is 13.2 Å². The Balaban J connectivity index is 1.70. The summed E-state index contributed by atoms with van der Waals surface area (Å²) in [7, 11) is 0. The lowest BCUT2D eigenvalue weighted by molar-refractivity contribution is 0.269. The maximum atomic E-state index is 5.86. The summed E-state index contributed by atoms with van der Waals surface area (Å²) in [5, 5.41) is 0. The molecule has 1 aromatic rings. The Hall–Kier alpha value is -0.700. The van der Waals surface area contributed by atoms with Crippen molar-refractivity contribution < 1.29 is 9.47 Å². The minimum Gasteiger partial charge on any atom is -0.490 e. The molecular formula is C17H25BrO2. The van der Waals surface area contributed by atoms with Gasteiger partial charge in [-0.1, -0.05) is 40.9 Å². The lowest BCUT2D eigenvalue weighted by Crippen LogP contribution is -2.12. The fourth-order valence-corrected chi connectivity index (χ4v) is 3.71. The number of para-hydroxylation sites is 2. The summed E-state index contributed by atoms with van der Waals surface area (Å²) in [4.78, 5) is 0.663. The fraction of sp³-hybridized carbons (Fsp3) is 0.647. The van der Waals surface area contributed by atoms with Gasteiger partial charge in [-0.3, -0.25) is 0 Å². The van der Waals surface area contributed by atoms with Crippen molar-refractivity contribution in [1.82, 2.24) is 0 Å². The Bertz CT molecular complexity index is 388. The molecule has 0 aliphatic heterocycles. The second kappa shape index (κ2) is 8.56. The summed E-state index contributed by atoms with van der Waals surface area (Å²) < 4.78 is 11.4. The van der Waals surface area contributed by atoms with Crippen molar-refractivity contribution >= 4 is 15.9 Å². The molecule has 0 aromatic heterocycles.